The maximum atomic E-state index is 12.7. The van der Waals surface area contributed by atoms with Gasteiger partial charge < -0.3 is 18.9 Å². The molecule has 0 saturated heterocycles. The van der Waals surface area contributed by atoms with Crippen molar-refractivity contribution in [2.75, 3.05) is 47.5 Å². The number of hydrogen-bond acceptors (Lipinski definition) is 7. The van der Waals surface area contributed by atoms with Crippen LogP contribution >= 0.6 is 7.82 Å². The van der Waals surface area contributed by atoms with Crippen LogP contribution in [0, 0.1) is 0 Å². The molecule has 0 rings (SSSR count). The van der Waals surface area contributed by atoms with Crippen LogP contribution in [0.2, 0.25) is 0 Å². The molecule has 10 heteroatoms. The van der Waals surface area contributed by atoms with Gasteiger partial charge in [0, 0.05) is 12.8 Å². The Kier molecular flexibility index (Phi) is 35.0. The van der Waals surface area contributed by atoms with Crippen LogP contribution in [0.15, 0.2) is 109 Å². The van der Waals surface area contributed by atoms with Crippen molar-refractivity contribution in [1.29, 1.82) is 0 Å². The molecule has 0 bridgehead atoms. The Morgan fingerprint density at radius 3 is 1.68 bits per heavy atom. The van der Waals surface area contributed by atoms with Crippen LogP contribution in [0.5, 0.6) is 0 Å². The second-order valence-electron chi connectivity index (χ2n) is 14.3. The van der Waals surface area contributed by atoms with E-state index in [1.165, 1.54) is 0 Å². The van der Waals surface area contributed by atoms with Crippen molar-refractivity contribution < 1.29 is 42.1 Å². The number of hydrogen-bond donors (Lipinski definition) is 1. The summed E-state index contributed by atoms with van der Waals surface area (Å²) in [5.74, 6) is -0.909. The van der Waals surface area contributed by atoms with Crippen LogP contribution in [0.1, 0.15) is 117 Å². The number of carbonyl (C=O) groups excluding carboxylic acids is 2. The predicted molar refractivity (Wildman–Crippen MR) is 233 cm³/mol. The molecule has 1 unspecified atom stereocenters. The Labute approximate surface area is 340 Å². The summed E-state index contributed by atoms with van der Waals surface area (Å²) in [6.07, 6.45) is 50.0. The van der Waals surface area contributed by atoms with Crippen LogP contribution in [0.25, 0.3) is 0 Å². The molecule has 316 valence electrons. The number of allylic oxidation sites excluding steroid dienone is 18. The molecule has 56 heavy (non-hydrogen) atoms. The fraction of sp³-hybridized carbons (Fsp3) is 0.565. The number of rotatable bonds is 35. The van der Waals surface area contributed by atoms with E-state index >= 15 is 0 Å². The van der Waals surface area contributed by atoms with Gasteiger partial charge in [0.15, 0.2) is 6.10 Å². The third kappa shape index (κ3) is 40.3. The highest BCUT2D eigenvalue weighted by atomic mass is 31.2. The molecule has 0 aromatic carbocycles. The minimum Gasteiger partial charge on any atom is -0.462 e. The molecular formula is C46H75NO8P+. The van der Waals surface area contributed by atoms with Crippen molar-refractivity contribution >= 4 is 19.8 Å². The number of quaternary nitrogens is 1. The van der Waals surface area contributed by atoms with Gasteiger partial charge in [0.1, 0.15) is 19.8 Å². The lowest BCUT2D eigenvalue weighted by Gasteiger charge is -2.24. The number of esters is 2. The van der Waals surface area contributed by atoms with E-state index in [4.69, 9.17) is 18.5 Å². The van der Waals surface area contributed by atoms with E-state index in [1.54, 1.807) is 0 Å². The quantitative estimate of drug-likeness (QED) is 0.0169. The molecule has 0 spiro atoms. The maximum absolute atomic E-state index is 12.7. The molecule has 0 fully saturated rings. The van der Waals surface area contributed by atoms with Crippen molar-refractivity contribution in [1.82, 2.24) is 0 Å². The van der Waals surface area contributed by atoms with Crippen LogP contribution in [0.4, 0.5) is 0 Å². The van der Waals surface area contributed by atoms with Crippen LogP contribution in [0.3, 0.4) is 0 Å². The number of phosphoric ester groups is 1. The van der Waals surface area contributed by atoms with E-state index in [0.717, 1.165) is 70.6 Å². The lowest BCUT2D eigenvalue weighted by atomic mass is 10.1. The molecule has 0 aromatic heterocycles. The third-order valence-corrected chi connectivity index (χ3v) is 8.88. The van der Waals surface area contributed by atoms with E-state index in [9.17, 15) is 19.0 Å². The minimum absolute atomic E-state index is 0.00973. The number of phosphoric acid groups is 1. The van der Waals surface area contributed by atoms with Gasteiger partial charge in [0.2, 0.25) is 0 Å². The van der Waals surface area contributed by atoms with Gasteiger partial charge in [0.25, 0.3) is 0 Å². The topological polar surface area (TPSA) is 108 Å². The first-order chi connectivity index (χ1) is 27.0. The fourth-order valence-electron chi connectivity index (χ4n) is 4.70. The molecule has 2 atom stereocenters. The van der Waals surface area contributed by atoms with Crippen molar-refractivity contribution in [2.24, 2.45) is 0 Å². The lowest BCUT2D eigenvalue weighted by Crippen LogP contribution is -2.37. The summed E-state index contributed by atoms with van der Waals surface area (Å²) in [5, 5.41) is 0. The zero-order valence-corrected chi connectivity index (χ0v) is 36.2. The summed E-state index contributed by atoms with van der Waals surface area (Å²) >= 11 is 0. The van der Waals surface area contributed by atoms with E-state index in [1.807, 2.05) is 57.6 Å². The third-order valence-electron chi connectivity index (χ3n) is 7.89. The maximum Gasteiger partial charge on any atom is 0.472 e. The zero-order chi connectivity index (χ0) is 41.4. The van der Waals surface area contributed by atoms with Gasteiger partial charge in [-0.05, 0) is 70.6 Å². The summed E-state index contributed by atoms with van der Waals surface area (Å²) in [6, 6.07) is 0. The molecule has 0 amide bonds. The second-order valence-corrected chi connectivity index (χ2v) is 15.8. The Morgan fingerprint density at radius 1 is 0.571 bits per heavy atom. The first-order valence-corrected chi connectivity index (χ1v) is 22.2. The summed E-state index contributed by atoms with van der Waals surface area (Å²) < 4.78 is 34.1. The van der Waals surface area contributed by atoms with Gasteiger partial charge in [-0.25, -0.2) is 4.57 Å². The van der Waals surface area contributed by atoms with Gasteiger partial charge in [0.05, 0.1) is 27.7 Å². The average Bonchev–Trinajstić information content (AvgIpc) is 3.15. The van der Waals surface area contributed by atoms with Crippen LogP contribution in [-0.2, 0) is 32.7 Å². The highest BCUT2D eigenvalue weighted by Gasteiger charge is 2.27. The predicted octanol–water partition coefficient (Wildman–Crippen LogP) is 11.6. The number of likely N-dealkylation sites (N-methyl/N-ethyl adjacent to an activating group) is 1. The van der Waals surface area contributed by atoms with E-state index < -0.39 is 32.5 Å². The molecule has 0 aliphatic heterocycles. The smallest absolute Gasteiger partial charge is 0.462 e. The fourth-order valence-corrected chi connectivity index (χ4v) is 5.45. The Hall–Kier alpha value is -3.33. The van der Waals surface area contributed by atoms with E-state index in [0.29, 0.717) is 30.3 Å². The number of nitrogens with zero attached hydrogens (tertiary/aromatic N) is 1. The SMILES string of the molecule is CC/C=C/C=C/C=C/C=C/CCCCCCCC(=O)OC[C@H](COP(=O)(O)OCC[N+](C)(C)C)OC(=O)CCC/C=C/C/C=C/C/C=C/C/C=C/C/C=C/CC. The van der Waals surface area contributed by atoms with Gasteiger partial charge in [-0.15, -0.1) is 0 Å². The molecular weight excluding hydrogens is 725 g/mol. The summed E-state index contributed by atoms with van der Waals surface area (Å²) in [4.78, 5) is 35.3. The number of carbonyl (C=O) groups is 2. The molecule has 0 aliphatic rings. The summed E-state index contributed by atoms with van der Waals surface area (Å²) in [6.45, 7) is 4.03. The van der Waals surface area contributed by atoms with Crippen molar-refractivity contribution in [3.63, 3.8) is 0 Å². The second kappa shape index (κ2) is 37.3. The van der Waals surface area contributed by atoms with E-state index in [2.05, 4.69) is 86.8 Å². The standard InChI is InChI=1S/C46H74NO8P/c1-6-8-10-12-14-16-18-20-22-23-25-27-29-31-33-35-37-39-46(49)55-44(43-54-56(50,51)53-41-40-47(3,4)5)42-52-45(48)38-36-34-32-30-28-26-24-21-19-17-15-13-11-9-7-2/h8-11,13-17,19-22,24-25,27,31,33,44H,6-7,12,18,23,26,28-30,32,34-43H2,1-5H3/p+1/b10-8+,11-9+,15-13+,16-14+,19-17+,22-20+,24-21+,27-25+,33-31+/t44-/m1/s1. The highest BCUT2D eigenvalue weighted by molar-refractivity contribution is 7.47. The first-order valence-electron chi connectivity index (χ1n) is 20.7. The molecule has 0 aliphatic carbocycles. The Morgan fingerprint density at radius 2 is 1.07 bits per heavy atom. The van der Waals surface area contributed by atoms with Gasteiger partial charge >= 0.3 is 19.8 Å². The largest absolute Gasteiger partial charge is 0.472 e. The molecule has 0 saturated carbocycles. The van der Waals surface area contributed by atoms with Crippen LogP contribution in [-0.4, -0.2) is 74.9 Å². The zero-order valence-electron chi connectivity index (χ0n) is 35.3. The minimum atomic E-state index is -4.40. The van der Waals surface area contributed by atoms with Gasteiger partial charge in [-0.3, -0.25) is 18.6 Å². The molecule has 0 radical (unpaired) electrons. The highest BCUT2D eigenvalue weighted by Crippen LogP contribution is 2.43. The molecule has 0 heterocycles. The normalized spacial score (nSPS) is 14.8. The van der Waals surface area contributed by atoms with Crippen molar-refractivity contribution in [3.05, 3.63) is 109 Å². The Balaban J connectivity index is 4.57. The van der Waals surface area contributed by atoms with E-state index in [-0.39, 0.29) is 26.1 Å². The number of ether oxygens (including phenoxy) is 2. The molecule has 1 N–H and O–H groups in total. The molecule has 9 nitrogen and oxygen atoms in total. The lowest BCUT2D eigenvalue weighted by molar-refractivity contribution is -0.870. The average molecular weight is 801 g/mol. The molecule has 0 aromatic rings. The van der Waals surface area contributed by atoms with Crippen LogP contribution < -0.4 is 0 Å². The van der Waals surface area contributed by atoms with Crippen molar-refractivity contribution in [3.8, 4) is 0 Å². The first kappa shape index (κ1) is 52.7. The summed E-state index contributed by atoms with van der Waals surface area (Å²) in [5.41, 5.74) is 0. The monoisotopic (exact) mass is 801 g/mol. The Bertz CT molecular complexity index is 1320. The van der Waals surface area contributed by atoms with Gasteiger partial charge in [-0.1, -0.05) is 142 Å². The summed E-state index contributed by atoms with van der Waals surface area (Å²) in [7, 11) is 1.40. The number of unbranched alkanes of at least 4 members (excludes halogenated alkanes) is 6. The van der Waals surface area contributed by atoms with Gasteiger partial charge in [-0.2, -0.15) is 0 Å². The van der Waals surface area contributed by atoms with Crippen molar-refractivity contribution in [2.45, 2.75) is 123 Å².